The SMILES string of the molecule is Cn1ncc2cc(C(Nc3ccccc3)P(=O)(O)O)ccc21. The molecule has 0 radical (unpaired) electrons. The quantitative estimate of drug-likeness (QED) is 0.644. The Hall–Kier alpha value is -2.14. The van der Waals surface area contributed by atoms with Crippen LogP contribution in [0.2, 0.25) is 0 Å². The topological polar surface area (TPSA) is 87.4 Å². The fraction of sp³-hybridized carbons (Fsp3) is 0.133. The molecule has 6 nitrogen and oxygen atoms in total. The van der Waals surface area contributed by atoms with Gasteiger partial charge in [-0.05, 0) is 29.8 Å². The van der Waals surface area contributed by atoms with Crippen molar-refractivity contribution in [3.05, 3.63) is 60.3 Å². The van der Waals surface area contributed by atoms with Crippen molar-refractivity contribution < 1.29 is 14.4 Å². The van der Waals surface area contributed by atoms with E-state index < -0.39 is 13.4 Å². The molecule has 1 aromatic heterocycles. The van der Waals surface area contributed by atoms with E-state index in [0.29, 0.717) is 11.3 Å². The molecule has 0 aliphatic heterocycles. The molecule has 1 heterocycles. The number of nitrogens with zero attached hydrogens (tertiary/aromatic N) is 2. The van der Waals surface area contributed by atoms with Crippen molar-refractivity contribution in [2.75, 3.05) is 5.32 Å². The second-order valence-corrected chi connectivity index (χ2v) is 6.78. The largest absolute Gasteiger partial charge is 0.368 e. The second kappa shape index (κ2) is 5.57. The van der Waals surface area contributed by atoms with Crippen LogP contribution in [0.3, 0.4) is 0 Å². The van der Waals surface area contributed by atoms with Crippen LogP contribution in [-0.4, -0.2) is 19.6 Å². The Balaban J connectivity index is 2.02. The maximum Gasteiger partial charge on any atom is 0.352 e. The number of aryl methyl sites for hydroxylation is 1. The lowest BCUT2D eigenvalue weighted by atomic mass is 10.1. The molecule has 3 aromatic rings. The minimum absolute atomic E-state index is 0.526. The summed E-state index contributed by atoms with van der Waals surface area (Å²) in [4.78, 5) is 19.4. The molecule has 0 bridgehead atoms. The van der Waals surface area contributed by atoms with Gasteiger partial charge in [0.05, 0.1) is 11.7 Å². The third-order valence-electron chi connectivity index (χ3n) is 3.50. The summed E-state index contributed by atoms with van der Waals surface area (Å²) in [5, 5.41) is 7.90. The highest BCUT2D eigenvalue weighted by Crippen LogP contribution is 2.51. The molecule has 0 saturated carbocycles. The normalized spacial score (nSPS) is 13.2. The van der Waals surface area contributed by atoms with Crippen molar-refractivity contribution in [1.82, 2.24) is 9.78 Å². The Morgan fingerprint density at radius 2 is 1.91 bits per heavy atom. The maximum atomic E-state index is 11.9. The molecule has 0 spiro atoms. The summed E-state index contributed by atoms with van der Waals surface area (Å²) >= 11 is 0. The van der Waals surface area contributed by atoms with E-state index in [-0.39, 0.29) is 0 Å². The van der Waals surface area contributed by atoms with Gasteiger partial charge in [-0.25, -0.2) is 0 Å². The molecule has 0 aliphatic carbocycles. The molecule has 7 heteroatoms. The van der Waals surface area contributed by atoms with Crippen LogP contribution in [-0.2, 0) is 11.6 Å². The van der Waals surface area contributed by atoms with Crippen LogP contribution in [0.5, 0.6) is 0 Å². The first-order chi connectivity index (χ1) is 10.4. The zero-order valence-electron chi connectivity index (χ0n) is 11.9. The van der Waals surface area contributed by atoms with E-state index in [2.05, 4.69) is 10.4 Å². The van der Waals surface area contributed by atoms with Crippen molar-refractivity contribution in [3.8, 4) is 0 Å². The maximum absolute atomic E-state index is 11.9. The van der Waals surface area contributed by atoms with Crippen LogP contribution < -0.4 is 5.32 Å². The molecule has 22 heavy (non-hydrogen) atoms. The first-order valence-electron chi connectivity index (χ1n) is 6.73. The Bertz CT molecular complexity index is 842. The number of hydrogen-bond donors (Lipinski definition) is 3. The van der Waals surface area contributed by atoms with Gasteiger partial charge in [0.15, 0.2) is 5.78 Å². The molecule has 3 rings (SSSR count). The van der Waals surface area contributed by atoms with Crippen molar-refractivity contribution in [1.29, 1.82) is 0 Å². The van der Waals surface area contributed by atoms with Crippen molar-refractivity contribution >= 4 is 24.2 Å². The highest BCUT2D eigenvalue weighted by molar-refractivity contribution is 7.52. The Morgan fingerprint density at radius 1 is 1.18 bits per heavy atom. The minimum atomic E-state index is -4.37. The van der Waals surface area contributed by atoms with Crippen LogP contribution in [0, 0.1) is 0 Å². The summed E-state index contributed by atoms with van der Waals surface area (Å²) in [6.07, 6.45) is 1.68. The van der Waals surface area contributed by atoms with Crippen LogP contribution in [0.1, 0.15) is 11.3 Å². The van der Waals surface area contributed by atoms with Crippen LogP contribution in [0.25, 0.3) is 10.9 Å². The zero-order chi connectivity index (χ0) is 15.7. The van der Waals surface area contributed by atoms with Gasteiger partial charge in [-0.1, -0.05) is 24.3 Å². The number of para-hydroxylation sites is 1. The number of rotatable bonds is 4. The van der Waals surface area contributed by atoms with Crippen molar-refractivity contribution in [3.63, 3.8) is 0 Å². The first-order valence-corrected chi connectivity index (χ1v) is 8.42. The lowest BCUT2D eigenvalue weighted by molar-refractivity contribution is 0.363. The molecule has 0 aliphatic rings. The number of fused-ring (bicyclic) bond motifs is 1. The molecule has 0 amide bonds. The van der Waals surface area contributed by atoms with Gasteiger partial charge in [-0.3, -0.25) is 9.25 Å². The number of nitrogens with one attached hydrogen (secondary N) is 1. The highest BCUT2D eigenvalue weighted by atomic mass is 31.2. The zero-order valence-corrected chi connectivity index (χ0v) is 12.8. The summed E-state index contributed by atoms with van der Waals surface area (Å²) in [6, 6.07) is 14.3. The molecule has 1 atom stereocenters. The van der Waals surface area contributed by atoms with Gasteiger partial charge in [-0.2, -0.15) is 5.10 Å². The minimum Gasteiger partial charge on any atom is -0.368 e. The van der Waals surface area contributed by atoms with E-state index in [1.165, 1.54) is 0 Å². The fourth-order valence-electron chi connectivity index (χ4n) is 2.41. The molecule has 3 N–H and O–H groups in total. The monoisotopic (exact) mass is 317 g/mol. The highest BCUT2D eigenvalue weighted by Gasteiger charge is 2.30. The van der Waals surface area contributed by atoms with E-state index in [1.54, 1.807) is 35.1 Å². The molecule has 1 unspecified atom stereocenters. The number of anilines is 1. The predicted octanol–water partition coefficient (Wildman–Crippen LogP) is 2.86. The van der Waals surface area contributed by atoms with Gasteiger partial charge in [0.2, 0.25) is 0 Å². The fourth-order valence-corrected chi connectivity index (χ4v) is 3.27. The van der Waals surface area contributed by atoms with Crippen LogP contribution in [0.15, 0.2) is 54.7 Å². The Labute approximate surface area is 127 Å². The number of aromatic nitrogens is 2. The Morgan fingerprint density at radius 3 is 2.59 bits per heavy atom. The summed E-state index contributed by atoms with van der Waals surface area (Å²) in [5.41, 5.74) is 2.09. The Kier molecular flexibility index (Phi) is 3.74. The number of benzene rings is 2. The molecular formula is C15H16N3O3P. The average molecular weight is 317 g/mol. The van der Waals surface area contributed by atoms with Gasteiger partial charge in [0, 0.05) is 18.1 Å². The molecule has 114 valence electrons. The standard InChI is InChI=1S/C15H16N3O3P/c1-18-14-8-7-11(9-12(14)10-16-18)15(22(19,20)21)17-13-5-3-2-4-6-13/h2-10,15,17H,1H3,(H2,19,20,21). The first kappa shape index (κ1) is 14.8. The summed E-state index contributed by atoms with van der Waals surface area (Å²) < 4.78 is 13.6. The van der Waals surface area contributed by atoms with Gasteiger partial charge in [0.1, 0.15) is 0 Å². The molecular weight excluding hydrogens is 301 g/mol. The van der Waals surface area contributed by atoms with Crippen molar-refractivity contribution in [2.45, 2.75) is 5.78 Å². The van der Waals surface area contributed by atoms with Crippen molar-refractivity contribution in [2.24, 2.45) is 7.05 Å². The van der Waals surface area contributed by atoms with Crippen LogP contribution in [0.4, 0.5) is 5.69 Å². The van der Waals surface area contributed by atoms with E-state index in [9.17, 15) is 14.4 Å². The lowest BCUT2D eigenvalue weighted by Gasteiger charge is -2.21. The summed E-state index contributed by atoms with van der Waals surface area (Å²) in [5.74, 6) is -1.10. The van der Waals surface area contributed by atoms with Gasteiger partial charge in [-0.15, -0.1) is 0 Å². The lowest BCUT2D eigenvalue weighted by Crippen LogP contribution is -2.11. The van der Waals surface area contributed by atoms with Gasteiger partial charge >= 0.3 is 7.60 Å². The smallest absolute Gasteiger partial charge is 0.352 e. The molecule has 0 saturated heterocycles. The third kappa shape index (κ3) is 2.90. The van der Waals surface area contributed by atoms with Gasteiger partial charge in [0.25, 0.3) is 0 Å². The molecule has 2 aromatic carbocycles. The molecule has 0 fully saturated rings. The van der Waals surface area contributed by atoms with E-state index in [1.807, 2.05) is 31.3 Å². The van der Waals surface area contributed by atoms with Crippen LogP contribution >= 0.6 is 7.60 Å². The van der Waals surface area contributed by atoms with E-state index in [0.717, 1.165) is 10.9 Å². The predicted molar refractivity (Wildman–Crippen MR) is 85.6 cm³/mol. The third-order valence-corrected chi connectivity index (χ3v) is 4.60. The van der Waals surface area contributed by atoms with E-state index >= 15 is 0 Å². The number of hydrogen-bond acceptors (Lipinski definition) is 3. The summed E-state index contributed by atoms with van der Waals surface area (Å²) in [7, 11) is -2.55. The van der Waals surface area contributed by atoms with Gasteiger partial charge < -0.3 is 15.1 Å². The average Bonchev–Trinajstić information content (AvgIpc) is 2.85. The summed E-state index contributed by atoms with van der Waals surface area (Å²) in [6.45, 7) is 0. The second-order valence-electron chi connectivity index (χ2n) is 5.09. The van der Waals surface area contributed by atoms with E-state index in [4.69, 9.17) is 0 Å².